The number of carbonyl (C=O) groups is 4. The molecule has 1 atom stereocenters. The number of hydrogen-bond acceptors (Lipinski definition) is 5. The number of amides is 2. The maximum absolute atomic E-state index is 13.1. The number of aldehydes is 1. The van der Waals surface area contributed by atoms with Gasteiger partial charge in [0.05, 0.1) is 17.7 Å². The summed E-state index contributed by atoms with van der Waals surface area (Å²) < 4.78 is 5.78. The molecule has 0 saturated carbocycles. The molecule has 182 valence electrons. The highest BCUT2D eigenvalue weighted by atomic mass is 16.5. The number of aliphatic carboxylic acids is 1. The lowest BCUT2D eigenvalue weighted by molar-refractivity contribution is -0.137. The first-order valence-electron chi connectivity index (χ1n) is 11.4. The number of carbonyl (C=O) groups excluding carboxylic acids is 3. The van der Waals surface area contributed by atoms with Crippen LogP contribution in [-0.2, 0) is 9.59 Å². The summed E-state index contributed by atoms with van der Waals surface area (Å²) in [5, 5.41) is 11.2. The number of allylic oxidation sites excluding steroid dienone is 1. The van der Waals surface area contributed by atoms with Crippen molar-refractivity contribution in [1.29, 1.82) is 0 Å². The maximum atomic E-state index is 13.1. The van der Waals surface area contributed by atoms with E-state index in [4.69, 9.17) is 9.84 Å². The molecule has 1 aromatic rings. The van der Waals surface area contributed by atoms with E-state index in [0.717, 1.165) is 32.1 Å². The Morgan fingerprint density at radius 1 is 1.15 bits per heavy atom. The average molecular weight is 461 g/mol. The summed E-state index contributed by atoms with van der Waals surface area (Å²) in [6.45, 7) is 4.07. The van der Waals surface area contributed by atoms with Crippen LogP contribution in [0.5, 0.6) is 5.75 Å². The van der Waals surface area contributed by atoms with E-state index >= 15 is 0 Å². The number of hydrogen-bond donors (Lipinski definition) is 2. The van der Waals surface area contributed by atoms with Gasteiger partial charge in [-0.2, -0.15) is 0 Å². The minimum Gasteiger partial charge on any atom is -0.493 e. The number of carboxylic acid groups (broad SMARTS) is 1. The number of nitrogens with one attached hydrogen (secondary N) is 1. The SMILES string of the molecule is C=CCCC(C(=O)NC)N(C)C(=O)c1cccc(OCCCCCCCCC(=O)O)c1C=O. The average Bonchev–Trinajstić information content (AvgIpc) is 2.81. The van der Waals surface area contributed by atoms with Gasteiger partial charge in [0.25, 0.3) is 5.91 Å². The zero-order valence-corrected chi connectivity index (χ0v) is 19.7. The number of rotatable bonds is 17. The summed E-state index contributed by atoms with van der Waals surface area (Å²) in [4.78, 5) is 49.0. The van der Waals surface area contributed by atoms with Crippen molar-refractivity contribution in [3.63, 3.8) is 0 Å². The molecule has 0 spiro atoms. The van der Waals surface area contributed by atoms with Crippen molar-refractivity contribution in [3.05, 3.63) is 42.0 Å². The second kappa shape index (κ2) is 15.6. The molecule has 33 heavy (non-hydrogen) atoms. The third kappa shape index (κ3) is 9.47. The predicted octanol–water partition coefficient (Wildman–Crippen LogP) is 3.85. The van der Waals surface area contributed by atoms with Gasteiger partial charge in [-0.05, 0) is 37.8 Å². The van der Waals surface area contributed by atoms with Crippen molar-refractivity contribution >= 4 is 24.1 Å². The molecule has 0 aliphatic carbocycles. The Hall–Kier alpha value is -3.16. The minimum atomic E-state index is -0.762. The van der Waals surface area contributed by atoms with Gasteiger partial charge in [-0.25, -0.2) is 0 Å². The lowest BCUT2D eigenvalue weighted by Gasteiger charge is -2.27. The summed E-state index contributed by atoms with van der Waals surface area (Å²) >= 11 is 0. The van der Waals surface area contributed by atoms with Crippen LogP contribution in [0.2, 0.25) is 0 Å². The topological polar surface area (TPSA) is 113 Å². The highest BCUT2D eigenvalue weighted by Crippen LogP contribution is 2.23. The van der Waals surface area contributed by atoms with Gasteiger partial charge in [-0.15, -0.1) is 6.58 Å². The van der Waals surface area contributed by atoms with E-state index in [9.17, 15) is 19.2 Å². The van der Waals surface area contributed by atoms with Gasteiger partial charge >= 0.3 is 5.97 Å². The Labute approximate surface area is 196 Å². The Morgan fingerprint density at radius 2 is 1.82 bits per heavy atom. The molecule has 1 rings (SSSR count). The zero-order chi connectivity index (χ0) is 24.6. The maximum Gasteiger partial charge on any atom is 0.303 e. The van der Waals surface area contributed by atoms with Crippen LogP contribution in [0.25, 0.3) is 0 Å². The summed E-state index contributed by atoms with van der Waals surface area (Å²) in [7, 11) is 3.06. The Morgan fingerprint density at radius 3 is 2.42 bits per heavy atom. The van der Waals surface area contributed by atoms with Gasteiger partial charge in [0.1, 0.15) is 11.8 Å². The number of benzene rings is 1. The van der Waals surface area contributed by atoms with E-state index in [0.29, 0.717) is 37.9 Å². The first-order chi connectivity index (χ1) is 15.9. The van der Waals surface area contributed by atoms with Crippen LogP contribution in [0, 0.1) is 0 Å². The number of unbranched alkanes of at least 4 members (excludes halogenated alkanes) is 5. The zero-order valence-electron chi connectivity index (χ0n) is 19.7. The van der Waals surface area contributed by atoms with Crippen molar-refractivity contribution < 1.29 is 29.0 Å². The Kier molecular flexibility index (Phi) is 13.2. The van der Waals surface area contributed by atoms with Crippen LogP contribution in [0.4, 0.5) is 0 Å². The van der Waals surface area contributed by atoms with Crippen LogP contribution in [0.3, 0.4) is 0 Å². The molecule has 2 amide bonds. The molecule has 8 heteroatoms. The summed E-state index contributed by atoms with van der Waals surface area (Å²) in [6.07, 6.45) is 8.76. The third-order valence-corrected chi connectivity index (χ3v) is 5.44. The molecule has 0 aromatic heterocycles. The molecule has 0 radical (unpaired) electrons. The molecule has 0 fully saturated rings. The fourth-order valence-electron chi connectivity index (χ4n) is 3.52. The first kappa shape index (κ1) is 27.9. The van der Waals surface area contributed by atoms with E-state index in [1.54, 1.807) is 31.3 Å². The van der Waals surface area contributed by atoms with Gasteiger partial charge in [-0.1, -0.05) is 37.8 Å². The van der Waals surface area contributed by atoms with Gasteiger partial charge in [0, 0.05) is 20.5 Å². The molecular weight excluding hydrogens is 424 g/mol. The first-order valence-corrected chi connectivity index (χ1v) is 11.4. The fourth-order valence-corrected chi connectivity index (χ4v) is 3.52. The highest BCUT2D eigenvalue weighted by molar-refractivity contribution is 6.04. The fraction of sp³-hybridized carbons (Fsp3) is 0.520. The van der Waals surface area contributed by atoms with E-state index in [1.165, 1.54) is 11.9 Å². The van der Waals surface area contributed by atoms with Crippen LogP contribution < -0.4 is 10.1 Å². The molecule has 0 bridgehead atoms. The molecular formula is C25H36N2O6. The van der Waals surface area contributed by atoms with Gasteiger partial charge < -0.3 is 20.1 Å². The highest BCUT2D eigenvalue weighted by Gasteiger charge is 2.28. The molecule has 0 heterocycles. The smallest absolute Gasteiger partial charge is 0.303 e. The van der Waals surface area contributed by atoms with Crippen LogP contribution in [0.15, 0.2) is 30.9 Å². The van der Waals surface area contributed by atoms with E-state index in [2.05, 4.69) is 11.9 Å². The lowest BCUT2D eigenvalue weighted by Crippen LogP contribution is -2.47. The number of carboxylic acids is 1. The summed E-state index contributed by atoms with van der Waals surface area (Å²) in [5.41, 5.74) is 0.360. The quantitative estimate of drug-likeness (QED) is 0.207. The Balaban J connectivity index is 2.71. The molecule has 8 nitrogen and oxygen atoms in total. The second-order valence-electron chi connectivity index (χ2n) is 7.86. The van der Waals surface area contributed by atoms with Crippen LogP contribution in [0.1, 0.15) is 78.5 Å². The van der Waals surface area contributed by atoms with E-state index in [-0.39, 0.29) is 23.5 Å². The van der Waals surface area contributed by atoms with Crippen molar-refractivity contribution in [3.8, 4) is 5.75 Å². The predicted molar refractivity (Wildman–Crippen MR) is 127 cm³/mol. The second-order valence-corrected chi connectivity index (χ2v) is 7.86. The largest absolute Gasteiger partial charge is 0.493 e. The van der Waals surface area contributed by atoms with Crippen molar-refractivity contribution in [2.75, 3.05) is 20.7 Å². The molecule has 2 N–H and O–H groups in total. The lowest BCUT2D eigenvalue weighted by atomic mass is 10.0. The third-order valence-electron chi connectivity index (χ3n) is 5.44. The van der Waals surface area contributed by atoms with Crippen LogP contribution in [-0.4, -0.2) is 60.8 Å². The normalized spacial score (nSPS) is 11.3. The van der Waals surface area contributed by atoms with Crippen molar-refractivity contribution in [2.45, 2.75) is 63.8 Å². The van der Waals surface area contributed by atoms with Crippen molar-refractivity contribution in [2.24, 2.45) is 0 Å². The van der Waals surface area contributed by atoms with Crippen molar-refractivity contribution in [1.82, 2.24) is 10.2 Å². The standard InChI is InChI=1S/C25H36N2O6/c1-4-5-14-21(24(31)26-2)27(3)25(32)19-13-12-15-22(20(19)18-28)33-17-11-9-7-6-8-10-16-23(29)30/h4,12-13,15,18,21H,1,5-11,14,16-17H2,2-3H3,(H,26,31)(H,29,30). The van der Waals surface area contributed by atoms with E-state index in [1.807, 2.05) is 0 Å². The molecule has 0 aliphatic rings. The molecule has 1 unspecified atom stereocenters. The van der Waals surface area contributed by atoms with Gasteiger partial charge in [0.15, 0.2) is 6.29 Å². The summed E-state index contributed by atoms with van der Waals surface area (Å²) in [6, 6.07) is 4.19. The Bertz CT molecular complexity index is 808. The van der Waals surface area contributed by atoms with Gasteiger partial charge in [0.2, 0.25) is 5.91 Å². The van der Waals surface area contributed by atoms with E-state index < -0.39 is 17.9 Å². The minimum absolute atomic E-state index is 0.169. The molecule has 0 saturated heterocycles. The number of likely N-dealkylation sites (N-methyl/N-ethyl adjacent to an activating group) is 2. The van der Waals surface area contributed by atoms with Gasteiger partial charge in [-0.3, -0.25) is 19.2 Å². The number of nitrogens with zero attached hydrogens (tertiary/aromatic N) is 1. The molecule has 0 aliphatic heterocycles. The summed E-state index contributed by atoms with van der Waals surface area (Å²) in [5.74, 6) is -1.13. The number of ether oxygens (including phenoxy) is 1. The monoisotopic (exact) mass is 460 g/mol. The van der Waals surface area contributed by atoms with Crippen LogP contribution >= 0.6 is 0 Å². The molecule has 1 aromatic carbocycles.